The first-order chi connectivity index (χ1) is 17.6. The number of aliphatic hydroxyl groups is 1. The molecule has 1 atom stereocenters. The summed E-state index contributed by atoms with van der Waals surface area (Å²) in [5, 5.41) is 8.86. The fourth-order valence-electron chi connectivity index (χ4n) is 3.18. The molecule has 0 radical (unpaired) electrons. The monoisotopic (exact) mass is 601 g/mol. The van der Waals surface area contributed by atoms with Gasteiger partial charge < -0.3 is 14.6 Å². The van der Waals surface area contributed by atoms with Gasteiger partial charge in [-0.05, 0) is 30.3 Å². The van der Waals surface area contributed by atoms with E-state index >= 15 is 0 Å². The zero-order valence-electron chi connectivity index (χ0n) is 18.2. The van der Waals surface area contributed by atoms with Crippen molar-refractivity contribution in [3.63, 3.8) is 0 Å². The summed E-state index contributed by atoms with van der Waals surface area (Å²) in [4.78, 5) is 30.4. The van der Waals surface area contributed by atoms with Gasteiger partial charge in [0.25, 0.3) is 5.56 Å². The molecule has 202 valence electrons. The first-order valence-electron chi connectivity index (χ1n) is 10.0. The third-order valence-corrected chi connectivity index (χ3v) is 6.87. The lowest BCUT2D eigenvalue weighted by Crippen LogP contribution is -2.38. The lowest BCUT2D eigenvalue weighted by Gasteiger charge is -2.15. The first kappa shape index (κ1) is 27.8. The number of alkyl halides is 6. The lowest BCUT2D eigenvalue weighted by molar-refractivity contribution is -0.274. The van der Waals surface area contributed by atoms with E-state index in [9.17, 15) is 41.0 Å². The Morgan fingerprint density at radius 2 is 1.71 bits per heavy atom. The number of aliphatic hydroxyl groups excluding tert-OH is 1. The number of fused-ring (bicyclic) bond motifs is 1. The number of rotatable bonds is 6. The molecule has 0 aliphatic carbocycles. The number of ether oxygens (including phenoxy) is 2. The maximum absolute atomic E-state index is 12.9. The van der Waals surface area contributed by atoms with Crippen LogP contribution in [0.3, 0.4) is 0 Å². The normalized spacial score (nSPS) is 13.1. The van der Waals surface area contributed by atoms with E-state index in [1.807, 2.05) is 4.98 Å². The number of hydrogen-bond donors (Lipinski definition) is 2. The Bertz CT molecular complexity index is 1620. The van der Waals surface area contributed by atoms with E-state index in [-0.39, 0.29) is 42.3 Å². The number of thiophene rings is 1. The fraction of sp³-hybridized carbons (Fsp3) is 0.190. The van der Waals surface area contributed by atoms with E-state index in [1.54, 1.807) is 0 Å². The third kappa shape index (κ3) is 5.90. The SMILES string of the molecule is O=c1[nH]c(=O)n(CC(O)C(F)(F)F)c2sc(-c3cnc(Oc4ccc(OC(F)(F)F)cc4)c(Cl)c3)c(Cl)c12. The van der Waals surface area contributed by atoms with Crippen LogP contribution in [0.25, 0.3) is 20.7 Å². The highest BCUT2D eigenvalue weighted by molar-refractivity contribution is 7.22. The summed E-state index contributed by atoms with van der Waals surface area (Å²) < 4.78 is 85.3. The third-order valence-electron chi connectivity index (χ3n) is 4.84. The smallest absolute Gasteiger partial charge is 0.438 e. The number of pyridine rings is 1. The van der Waals surface area contributed by atoms with Gasteiger partial charge >= 0.3 is 18.2 Å². The summed E-state index contributed by atoms with van der Waals surface area (Å²) in [6, 6.07) is 5.68. The summed E-state index contributed by atoms with van der Waals surface area (Å²) in [5.74, 6) is -0.560. The highest BCUT2D eigenvalue weighted by Crippen LogP contribution is 2.42. The van der Waals surface area contributed by atoms with Gasteiger partial charge in [-0.2, -0.15) is 13.2 Å². The maximum Gasteiger partial charge on any atom is 0.573 e. The van der Waals surface area contributed by atoms with Crippen molar-refractivity contribution < 1.29 is 40.9 Å². The van der Waals surface area contributed by atoms with Gasteiger partial charge in [0.15, 0.2) is 6.10 Å². The molecule has 0 saturated carbocycles. The van der Waals surface area contributed by atoms with Gasteiger partial charge in [-0.15, -0.1) is 24.5 Å². The quantitative estimate of drug-likeness (QED) is 0.273. The van der Waals surface area contributed by atoms with Crippen LogP contribution in [0.2, 0.25) is 10.0 Å². The summed E-state index contributed by atoms with van der Waals surface area (Å²) in [6.07, 6.45) is -11.6. The van der Waals surface area contributed by atoms with Crippen molar-refractivity contribution in [1.29, 1.82) is 0 Å². The maximum atomic E-state index is 12.9. The Morgan fingerprint density at radius 3 is 2.29 bits per heavy atom. The predicted molar refractivity (Wildman–Crippen MR) is 125 cm³/mol. The molecule has 2 N–H and O–H groups in total. The van der Waals surface area contributed by atoms with Crippen LogP contribution < -0.4 is 20.7 Å². The van der Waals surface area contributed by atoms with Crippen LogP contribution in [0.15, 0.2) is 46.1 Å². The second kappa shape index (κ2) is 10.1. The first-order valence-corrected chi connectivity index (χ1v) is 11.6. The average Bonchev–Trinajstić information content (AvgIpc) is 3.15. The molecule has 0 fully saturated rings. The van der Waals surface area contributed by atoms with Gasteiger partial charge in [0.2, 0.25) is 5.88 Å². The van der Waals surface area contributed by atoms with Crippen molar-refractivity contribution in [2.75, 3.05) is 0 Å². The van der Waals surface area contributed by atoms with Crippen LogP contribution in [0.5, 0.6) is 17.4 Å². The Labute approximate surface area is 220 Å². The van der Waals surface area contributed by atoms with E-state index in [2.05, 4.69) is 9.72 Å². The number of benzene rings is 1. The molecule has 4 rings (SSSR count). The molecule has 3 heterocycles. The van der Waals surface area contributed by atoms with Gasteiger partial charge in [0.1, 0.15) is 21.4 Å². The van der Waals surface area contributed by atoms with Gasteiger partial charge in [-0.3, -0.25) is 14.3 Å². The number of H-pyrrole nitrogens is 1. The molecule has 1 aromatic carbocycles. The molecule has 17 heteroatoms. The van der Waals surface area contributed by atoms with Crippen molar-refractivity contribution in [3.8, 4) is 27.8 Å². The number of aromatic nitrogens is 3. The molecular formula is C21H11Cl2F6N3O5S. The van der Waals surface area contributed by atoms with Crippen molar-refractivity contribution >= 4 is 44.8 Å². The van der Waals surface area contributed by atoms with E-state index in [1.165, 1.54) is 24.4 Å². The van der Waals surface area contributed by atoms with E-state index < -0.39 is 42.2 Å². The van der Waals surface area contributed by atoms with Gasteiger partial charge in [0, 0.05) is 11.8 Å². The second-order valence-electron chi connectivity index (χ2n) is 7.48. The zero-order valence-corrected chi connectivity index (χ0v) is 20.5. The summed E-state index contributed by atoms with van der Waals surface area (Å²) in [7, 11) is 0. The Balaban J connectivity index is 1.67. The Morgan fingerprint density at radius 1 is 1.08 bits per heavy atom. The van der Waals surface area contributed by atoms with Crippen LogP contribution >= 0.6 is 34.5 Å². The molecule has 0 bridgehead atoms. The molecule has 0 saturated heterocycles. The number of aromatic amines is 1. The predicted octanol–water partition coefficient (Wildman–Crippen LogP) is 5.73. The Kier molecular flexibility index (Phi) is 7.40. The number of nitrogens with zero attached hydrogens (tertiary/aromatic N) is 2. The highest BCUT2D eigenvalue weighted by atomic mass is 35.5. The van der Waals surface area contributed by atoms with Crippen LogP contribution in [0, 0.1) is 0 Å². The van der Waals surface area contributed by atoms with E-state index in [4.69, 9.17) is 27.9 Å². The fourth-order valence-corrected chi connectivity index (χ4v) is 5.02. The lowest BCUT2D eigenvalue weighted by atomic mass is 10.2. The van der Waals surface area contributed by atoms with Crippen molar-refractivity contribution in [2.24, 2.45) is 0 Å². The zero-order chi connectivity index (χ0) is 28.0. The molecule has 0 amide bonds. The number of halogens is 8. The minimum atomic E-state index is -5.02. The minimum absolute atomic E-state index is 0.0698. The van der Waals surface area contributed by atoms with Gasteiger partial charge in [0.05, 0.1) is 21.8 Å². The molecule has 1 unspecified atom stereocenters. The molecule has 0 aliphatic heterocycles. The van der Waals surface area contributed by atoms with Gasteiger partial charge in [-0.1, -0.05) is 23.2 Å². The minimum Gasteiger partial charge on any atom is -0.438 e. The average molecular weight is 602 g/mol. The Hall–Kier alpha value is -3.27. The molecule has 0 spiro atoms. The highest BCUT2D eigenvalue weighted by Gasteiger charge is 2.39. The number of nitrogens with one attached hydrogen (secondary N) is 1. The van der Waals surface area contributed by atoms with Crippen LogP contribution in [-0.4, -0.2) is 38.3 Å². The van der Waals surface area contributed by atoms with Gasteiger partial charge in [-0.25, -0.2) is 9.78 Å². The van der Waals surface area contributed by atoms with Crippen molar-refractivity contribution in [1.82, 2.24) is 14.5 Å². The molecule has 8 nitrogen and oxygen atoms in total. The van der Waals surface area contributed by atoms with Crippen molar-refractivity contribution in [2.45, 2.75) is 25.2 Å². The topological polar surface area (TPSA) is 106 Å². The molecule has 4 aromatic rings. The standard InChI is InChI=1S/C21H11Cl2F6N3O5S/c22-11-5-8(6-30-17(11)36-9-1-3-10(4-2-9)37-21(27,28)29)15-14(23)13-16(34)31-19(35)32(18(13)38-15)7-12(33)20(24,25)26/h1-6,12,33H,7H2,(H,31,34,35). The van der Waals surface area contributed by atoms with Crippen LogP contribution in [-0.2, 0) is 6.54 Å². The molecule has 3 aromatic heterocycles. The van der Waals surface area contributed by atoms with Crippen LogP contribution in [0.1, 0.15) is 0 Å². The second-order valence-corrected chi connectivity index (χ2v) is 9.27. The summed E-state index contributed by atoms with van der Waals surface area (Å²) >= 11 is 13.2. The van der Waals surface area contributed by atoms with Crippen LogP contribution in [0.4, 0.5) is 26.3 Å². The molecule has 38 heavy (non-hydrogen) atoms. The molecule has 0 aliphatic rings. The number of hydrogen-bond acceptors (Lipinski definition) is 7. The van der Waals surface area contributed by atoms with E-state index in [0.717, 1.165) is 12.1 Å². The molecular weight excluding hydrogens is 591 g/mol. The summed E-state index contributed by atoms with van der Waals surface area (Å²) in [6.45, 7) is -1.19. The summed E-state index contributed by atoms with van der Waals surface area (Å²) in [5.41, 5.74) is -1.92. The largest absolute Gasteiger partial charge is 0.573 e. The van der Waals surface area contributed by atoms with E-state index in [0.29, 0.717) is 15.9 Å². The van der Waals surface area contributed by atoms with Crippen molar-refractivity contribution in [3.05, 3.63) is 67.4 Å².